The van der Waals surface area contributed by atoms with Gasteiger partial charge in [0.2, 0.25) is 0 Å². The monoisotopic (exact) mass is 287 g/mol. The molecule has 0 saturated heterocycles. The molecule has 1 atom stereocenters. The Kier molecular flexibility index (Phi) is 4.29. The van der Waals surface area contributed by atoms with Crippen molar-refractivity contribution in [1.29, 1.82) is 5.26 Å². The van der Waals surface area contributed by atoms with E-state index in [4.69, 9.17) is 4.74 Å². The van der Waals surface area contributed by atoms with Crippen molar-refractivity contribution in [3.05, 3.63) is 65.2 Å². The molecular weight excluding hydrogens is 276 g/mol. The third-order valence-electron chi connectivity index (χ3n) is 3.02. The maximum Gasteiger partial charge on any atom is 0.184 e. The second-order valence-electron chi connectivity index (χ2n) is 4.33. The maximum absolute atomic E-state index is 13.2. The van der Waals surface area contributed by atoms with Crippen LogP contribution in [0, 0.1) is 23.0 Å². The molecule has 0 aliphatic rings. The Morgan fingerprint density at radius 2 is 1.95 bits per heavy atom. The van der Waals surface area contributed by atoms with Gasteiger partial charge in [-0.15, -0.1) is 0 Å². The van der Waals surface area contributed by atoms with Crippen molar-refractivity contribution in [2.75, 3.05) is 7.11 Å². The van der Waals surface area contributed by atoms with Crippen molar-refractivity contribution in [3.63, 3.8) is 0 Å². The Labute approximate surface area is 120 Å². The number of carbonyl (C=O) groups is 1. The third kappa shape index (κ3) is 3.06. The van der Waals surface area contributed by atoms with E-state index in [0.29, 0.717) is 11.3 Å². The molecule has 0 amide bonds. The summed E-state index contributed by atoms with van der Waals surface area (Å²) >= 11 is 0. The van der Waals surface area contributed by atoms with Crippen molar-refractivity contribution in [2.24, 2.45) is 0 Å². The van der Waals surface area contributed by atoms with Gasteiger partial charge in [0.25, 0.3) is 0 Å². The molecule has 106 valence electrons. The number of methoxy groups -OCH3 is 1. The smallest absolute Gasteiger partial charge is 0.184 e. The van der Waals surface area contributed by atoms with Gasteiger partial charge in [-0.05, 0) is 35.9 Å². The van der Waals surface area contributed by atoms with Crippen LogP contribution >= 0.6 is 0 Å². The molecule has 1 unspecified atom stereocenters. The Bertz CT molecular complexity index is 722. The van der Waals surface area contributed by atoms with Crippen molar-refractivity contribution in [3.8, 4) is 11.8 Å². The summed E-state index contributed by atoms with van der Waals surface area (Å²) in [7, 11) is 1.47. The van der Waals surface area contributed by atoms with E-state index in [1.165, 1.54) is 7.11 Å². The van der Waals surface area contributed by atoms with Crippen LogP contribution in [0.1, 0.15) is 21.8 Å². The molecule has 0 radical (unpaired) electrons. The molecule has 3 nitrogen and oxygen atoms in total. The minimum Gasteiger partial charge on any atom is -0.497 e. The van der Waals surface area contributed by atoms with Crippen LogP contribution in [0.4, 0.5) is 8.78 Å². The number of Topliss-reactive ketones (excluding diaryl/α,β-unsaturated/α-hetero) is 1. The second kappa shape index (κ2) is 6.14. The van der Waals surface area contributed by atoms with Gasteiger partial charge in [-0.3, -0.25) is 4.79 Å². The number of ether oxygens (including phenoxy) is 1. The molecule has 2 aromatic carbocycles. The zero-order valence-corrected chi connectivity index (χ0v) is 11.1. The molecule has 21 heavy (non-hydrogen) atoms. The highest BCUT2D eigenvalue weighted by Crippen LogP contribution is 2.24. The normalized spacial score (nSPS) is 11.5. The van der Waals surface area contributed by atoms with Gasteiger partial charge in [0.05, 0.1) is 13.2 Å². The summed E-state index contributed by atoms with van der Waals surface area (Å²) in [5.74, 6) is -3.36. The highest BCUT2D eigenvalue weighted by molar-refractivity contribution is 6.02. The molecule has 0 fully saturated rings. The number of nitriles is 1. The minimum atomic E-state index is -1.12. The van der Waals surface area contributed by atoms with Crippen LogP contribution in [-0.4, -0.2) is 12.9 Å². The number of ketones is 1. The first-order valence-electron chi connectivity index (χ1n) is 6.09. The molecule has 0 N–H and O–H groups in total. The highest BCUT2D eigenvalue weighted by atomic mass is 19.2. The summed E-state index contributed by atoms with van der Waals surface area (Å²) in [6.45, 7) is 0. The Morgan fingerprint density at radius 3 is 2.57 bits per heavy atom. The van der Waals surface area contributed by atoms with E-state index in [1.807, 2.05) is 6.07 Å². The van der Waals surface area contributed by atoms with Crippen LogP contribution in [0.3, 0.4) is 0 Å². The molecule has 0 aliphatic carbocycles. The van der Waals surface area contributed by atoms with Gasteiger partial charge in [0, 0.05) is 5.56 Å². The van der Waals surface area contributed by atoms with Crippen LogP contribution in [0.5, 0.6) is 5.75 Å². The van der Waals surface area contributed by atoms with E-state index in [1.54, 1.807) is 24.3 Å². The molecule has 0 spiro atoms. The van der Waals surface area contributed by atoms with E-state index in [2.05, 4.69) is 0 Å². The average Bonchev–Trinajstić information content (AvgIpc) is 2.51. The molecule has 0 aromatic heterocycles. The molecule has 2 aromatic rings. The van der Waals surface area contributed by atoms with Gasteiger partial charge in [-0.25, -0.2) is 8.78 Å². The molecule has 0 saturated carbocycles. The first-order chi connectivity index (χ1) is 10.1. The van der Waals surface area contributed by atoms with E-state index in [-0.39, 0.29) is 5.56 Å². The molecule has 0 bridgehead atoms. The zero-order chi connectivity index (χ0) is 15.4. The molecule has 5 heteroatoms. The standard InChI is InChI=1S/C16H11F2NO2/c1-21-12-4-2-3-10(7-12)13(9-19)16(20)11-5-6-14(17)15(18)8-11/h2-8,13H,1H3. The summed E-state index contributed by atoms with van der Waals surface area (Å²) in [4.78, 5) is 12.3. The summed E-state index contributed by atoms with van der Waals surface area (Å²) in [6, 6.07) is 11.2. The van der Waals surface area contributed by atoms with Crippen LogP contribution < -0.4 is 4.74 Å². The van der Waals surface area contributed by atoms with Gasteiger partial charge < -0.3 is 4.74 Å². The van der Waals surface area contributed by atoms with Crippen LogP contribution in [0.2, 0.25) is 0 Å². The minimum absolute atomic E-state index is 0.0525. The van der Waals surface area contributed by atoms with Crippen molar-refractivity contribution < 1.29 is 18.3 Å². The molecule has 2 rings (SSSR count). The number of benzene rings is 2. The predicted octanol–water partition coefficient (Wildman–Crippen LogP) is 3.46. The topological polar surface area (TPSA) is 50.1 Å². The first-order valence-corrected chi connectivity index (χ1v) is 6.09. The van der Waals surface area contributed by atoms with Gasteiger partial charge in [0.15, 0.2) is 17.4 Å². The third-order valence-corrected chi connectivity index (χ3v) is 3.02. The number of rotatable bonds is 4. The number of halogens is 2. The first kappa shape index (κ1) is 14.7. The number of nitrogens with zero attached hydrogens (tertiary/aromatic N) is 1. The fourth-order valence-corrected chi connectivity index (χ4v) is 1.92. The molecular formula is C16H11F2NO2. The van der Waals surface area contributed by atoms with Gasteiger partial charge in [0.1, 0.15) is 11.7 Å². The SMILES string of the molecule is COc1cccc(C(C#N)C(=O)c2ccc(F)c(F)c2)c1. The number of hydrogen-bond donors (Lipinski definition) is 0. The van der Waals surface area contributed by atoms with E-state index >= 15 is 0 Å². The average molecular weight is 287 g/mol. The lowest BCUT2D eigenvalue weighted by Crippen LogP contribution is -2.12. The van der Waals surface area contributed by atoms with Crippen LogP contribution in [0.25, 0.3) is 0 Å². The number of carbonyl (C=O) groups excluding carboxylic acids is 1. The lowest BCUT2D eigenvalue weighted by Gasteiger charge is -2.10. The highest BCUT2D eigenvalue weighted by Gasteiger charge is 2.23. The van der Waals surface area contributed by atoms with Crippen LogP contribution in [-0.2, 0) is 0 Å². The summed E-state index contributed by atoms with van der Waals surface area (Å²) < 4.78 is 31.1. The van der Waals surface area contributed by atoms with E-state index < -0.39 is 23.3 Å². The van der Waals surface area contributed by atoms with Gasteiger partial charge in [-0.2, -0.15) is 5.26 Å². The Hall–Kier alpha value is -2.74. The number of hydrogen-bond acceptors (Lipinski definition) is 3. The quantitative estimate of drug-likeness (QED) is 0.809. The zero-order valence-electron chi connectivity index (χ0n) is 11.1. The summed E-state index contributed by atoms with van der Waals surface area (Å²) in [5.41, 5.74) is 0.384. The van der Waals surface area contributed by atoms with Gasteiger partial charge in [-0.1, -0.05) is 12.1 Å². The summed E-state index contributed by atoms with van der Waals surface area (Å²) in [6.07, 6.45) is 0. The molecule has 0 heterocycles. The van der Waals surface area contributed by atoms with E-state index in [9.17, 15) is 18.8 Å². The lowest BCUT2D eigenvalue weighted by molar-refractivity contribution is 0.0978. The Morgan fingerprint density at radius 1 is 1.19 bits per heavy atom. The maximum atomic E-state index is 13.2. The van der Waals surface area contributed by atoms with Crippen molar-refractivity contribution in [2.45, 2.75) is 5.92 Å². The van der Waals surface area contributed by atoms with Crippen molar-refractivity contribution >= 4 is 5.78 Å². The lowest BCUT2D eigenvalue weighted by atomic mass is 9.91. The van der Waals surface area contributed by atoms with Crippen LogP contribution in [0.15, 0.2) is 42.5 Å². The predicted molar refractivity (Wildman–Crippen MR) is 72.0 cm³/mol. The fourth-order valence-electron chi connectivity index (χ4n) is 1.92. The van der Waals surface area contributed by atoms with Crippen molar-refractivity contribution in [1.82, 2.24) is 0 Å². The largest absolute Gasteiger partial charge is 0.497 e. The van der Waals surface area contributed by atoms with E-state index in [0.717, 1.165) is 18.2 Å². The molecule has 0 aliphatic heterocycles. The summed E-state index contributed by atoms with van der Waals surface area (Å²) in [5, 5.41) is 9.22. The Balaban J connectivity index is 2.38. The fraction of sp³-hybridized carbons (Fsp3) is 0.125. The second-order valence-corrected chi connectivity index (χ2v) is 4.33. The van der Waals surface area contributed by atoms with Gasteiger partial charge >= 0.3 is 0 Å².